The minimum absolute atomic E-state index is 0.283. The van der Waals surface area contributed by atoms with Crippen LogP contribution in [0.25, 0.3) is 27.7 Å². The summed E-state index contributed by atoms with van der Waals surface area (Å²) in [5.74, 6) is -2.28. The fourth-order valence-electron chi connectivity index (χ4n) is 4.69. The first-order chi connectivity index (χ1) is 17.8. The summed E-state index contributed by atoms with van der Waals surface area (Å²) in [4.78, 5) is 29.0. The number of aryl methyl sites for hydroxylation is 1. The normalized spacial score (nSPS) is 14.9. The van der Waals surface area contributed by atoms with E-state index in [2.05, 4.69) is 21.4 Å². The quantitative estimate of drug-likeness (QED) is 0.357. The lowest BCUT2D eigenvalue weighted by Gasteiger charge is -2.26. The van der Waals surface area contributed by atoms with E-state index in [1.807, 2.05) is 55.5 Å². The molecule has 4 aromatic rings. The number of halogens is 2. The summed E-state index contributed by atoms with van der Waals surface area (Å²) in [6, 6.07) is 21.2. The molecule has 0 bridgehead atoms. The van der Waals surface area contributed by atoms with Gasteiger partial charge < -0.3 is 9.90 Å². The van der Waals surface area contributed by atoms with Crippen LogP contribution in [0.1, 0.15) is 35.7 Å². The van der Waals surface area contributed by atoms with E-state index in [-0.39, 0.29) is 6.42 Å². The van der Waals surface area contributed by atoms with Crippen LogP contribution in [-0.4, -0.2) is 21.9 Å². The number of carboxylic acids is 1. The van der Waals surface area contributed by atoms with Crippen molar-refractivity contribution < 1.29 is 19.1 Å². The molecule has 1 aromatic heterocycles. The zero-order valence-corrected chi connectivity index (χ0v) is 21.5. The minimum Gasteiger partial charge on any atom is -0.550 e. The fourth-order valence-corrected chi connectivity index (χ4v) is 5.05. The number of nitrogens with zero attached hydrogens (tertiary/aromatic N) is 2. The van der Waals surface area contributed by atoms with Crippen LogP contribution in [0.15, 0.2) is 83.3 Å². The van der Waals surface area contributed by atoms with E-state index >= 15 is 0 Å². The lowest BCUT2D eigenvalue weighted by molar-refractivity contribution is -0.305. The monoisotopic (exact) mass is 558 g/mol. The molecule has 1 aliphatic rings. The van der Waals surface area contributed by atoms with E-state index in [4.69, 9.17) is 4.98 Å². The van der Waals surface area contributed by atoms with Crippen LogP contribution in [0.3, 0.4) is 0 Å². The highest BCUT2D eigenvalue weighted by Crippen LogP contribution is 2.41. The highest BCUT2D eigenvalue weighted by molar-refractivity contribution is 9.10. The Balaban J connectivity index is 1.71. The molecule has 2 heterocycles. The molecule has 0 spiro atoms. The van der Waals surface area contributed by atoms with Crippen LogP contribution in [0, 0.1) is 12.7 Å². The number of benzene rings is 3. The third-order valence-corrected chi connectivity index (χ3v) is 6.83. The number of nitrogens with one attached hydrogen (secondary N) is 1. The maximum absolute atomic E-state index is 14.9. The van der Waals surface area contributed by atoms with Crippen LogP contribution in [0.4, 0.5) is 4.39 Å². The molecule has 0 unspecified atom stereocenters. The van der Waals surface area contributed by atoms with Crippen molar-refractivity contribution in [3.05, 3.63) is 106 Å². The highest BCUT2D eigenvalue weighted by atomic mass is 79.9. The van der Waals surface area contributed by atoms with Gasteiger partial charge in [0.2, 0.25) is 5.91 Å². The SMILES string of the molecule is Cc1nc2ccc(Br)cc2c(-c2ccccc2)c1C1=C[C@H](c2ccccc2F)N(C(=O)CCC(=O)[O-])N1. The Labute approximate surface area is 221 Å². The predicted molar refractivity (Wildman–Crippen MR) is 141 cm³/mol. The molecule has 5 rings (SSSR count). The first-order valence-electron chi connectivity index (χ1n) is 11.7. The molecule has 1 aliphatic heterocycles. The number of pyridine rings is 1. The molecule has 37 heavy (non-hydrogen) atoms. The van der Waals surface area contributed by atoms with Crippen molar-refractivity contribution >= 4 is 44.4 Å². The van der Waals surface area contributed by atoms with E-state index in [0.29, 0.717) is 11.3 Å². The fraction of sp³-hybridized carbons (Fsp3) is 0.138. The van der Waals surface area contributed by atoms with Gasteiger partial charge in [-0.05, 0) is 49.2 Å². The molecule has 6 nitrogen and oxygen atoms in total. The van der Waals surface area contributed by atoms with E-state index in [0.717, 1.165) is 37.8 Å². The summed E-state index contributed by atoms with van der Waals surface area (Å²) < 4.78 is 15.8. The van der Waals surface area contributed by atoms with Crippen LogP contribution in [0.5, 0.6) is 0 Å². The number of hydrogen-bond acceptors (Lipinski definition) is 5. The summed E-state index contributed by atoms with van der Waals surface area (Å²) in [7, 11) is 0. The second kappa shape index (κ2) is 10.1. The lowest BCUT2D eigenvalue weighted by atomic mass is 9.92. The number of fused-ring (bicyclic) bond motifs is 1. The summed E-state index contributed by atoms with van der Waals surface area (Å²) in [6.07, 6.45) is 1.07. The number of rotatable bonds is 6. The van der Waals surface area contributed by atoms with E-state index < -0.39 is 30.2 Å². The number of aromatic nitrogens is 1. The smallest absolute Gasteiger partial charge is 0.242 e. The summed E-state index contributed by atoms with van der Waals surface area (Å²) in [5, 5.41) is 13.2. The molecule has 1 amide bonds. The van der Waals surface area contributed by atoms with Gasteiger partial charge in [0.1, 0.15) is 11.9 Å². The molecule has 0 aliphatic carbocycles. The Kier molecular flexibility index (Phi) is 6.76. The minimum atomic E-state index is -1.32. The molecule has 3 aromatic carbocycles. The predicted octanol–water partition coefficient (Wildman–Crippen LogP) is 5.07. The Morgan fingerprint density at radius 3 is 2.49 bits per heavy atom. The van der Waals surface area contributed by atoms with Gasteiger partial charge in [0.05, 0.1) is 11.2 Å². The van der Waals surface area contributed by atoms with Crippen molar-refractivity contribution in [2.75, 3.05) is 0 Å². The molecular weight excluding hydrogens is 537 g/mol. The molecule has 0 saturated carbocycles. The number of hydrazine groups is 1. The summed E-state index contributed by atoms with van der Waals surface area (Å²) in [5.41, 5.74) is 8.21. The van der Waals surface area contributed by atoms with Gasteiger partial charge in [-0.25, -0.2) is 9.40 Å². The van der Waals surface area contributed by atoms with Crippen molar-refractivity contribution in [3.63, 3.8) is 0 Å². The van der Waals surface area contributed by atoms with Crippen molar-refractivity contribution in [2.24, 2.45) is 0 Å². The maximum atomic E-state index is 14.9. The van der Waals surface area contributed by atoms with E-state index in [1.54, 1.807) is 24.3 Å². The zero-order valence-electron chi connectivity index (χ0n) is 19.9. The average molecular weight is 559 g/mol. The maximum Gasteiger partial charge on any atom is 0.242 e. The molecule has 8 heteroatoms. The molecule has 186 valence electrons. The van der Waals surface area contributed by atoms with Crippen molar-refractivity contribution in [2.45, 2.75) is 25.8 Å². The van der Waals surface area contributed by atoms with Gasteiger partial charge in [-0.2, -0.15) is 0 Å². The van der Waals surface area contributed by atoms with Crippen LogP contribution < -0.4 is 10.5 Å². The Morgan fingerprint density at radius 2 is 1.76 bits per heavy atom. The number of carboxylic acid groups (broad SMARTS) is 1. The topological polar surface area (TPSA) is 85.4 Å². The first kappa shape index (κ1) is 24.6. The Hall–Kier alpha value is -4.04. The summed E-state index contributed by atoms with van der Waals surface area (Å²) in [6.45, 7) is 1.89. The third-order valence-electron chi connectivity index (χ3n) is 6.34. The largest absolute Gasteiger partial charge is 0.550 e. The summed E-state index contributed by atoms with van der Waals surface area (Å²) >= 11 is 3.57. The van der Waals surface area contributed by atoms with E-state index in [1.165, 1.54) is 11.1 Å². The molecule has 1 atom stereocenters. The molecule has 1 N–H and O–H groups in total. The Morgan fingerprint density at radius 1 is 1.03 bits per heavy atom. The van der Waals surface area contributed by atoms with Gasteiger partial charge in [-0.3, -0.25) is 15.2 Å². The number of hydrogen-bond donors (Lipinski definition) is 1. The number of carbonyl (C=O) groups excluding carboxylic acids is 2. The van der Waals surface area contributed by atoms with Crippen molar-refractivity contribution in [3.8, 4) is 11.1 Å². The number of carbonyl (C=O) groups is 2. The molecular formula is C29H22BrFN3O3-. The molecule has 0 saturated heterocycles. The Bertz CT molecular complexity index is 1560. The van der Waals surface area contributed by atoms with Gasteiger partial charge in [-0.15, -0.1) is 0 Å². The third kappa shape index (κ3) is 4.84. The first-order valence-corrected chi connectivity index (χ1v) is 12.5. The molecule has 0 radical (unpaired) electrons. The second-order valence-corrected chi connectivity index (χ2v) is 9.68. The standard InChI is InChI=1S/C29H23BrFN3O3/c1-17-28(29(18-7-3-2-4-8-18)21-15-19(30)11-12-23(21)32-17)24-16-25(20-9-5-6-10-22(20)31)34(33-24)26(35)13-14-27(36)37/h2-12,15-16,25,33H,13-14H2,1H3,(H,36,37)/p-1/t25-/m1/s1. The van der Waals surface area contributed by atoms with Crippen LogP contribution >= 0.6 is 15.9 Å². The van der Waals surface area contributed by atoms with Gasteiger partial charge >= 0.3 is 0 Å². The van der Waals surface area contributed by atoms with E-state index in [9.17, 15) is 19.1 Å². The van der Waals surface area contributed by atoms with Crippen molar-refractivity contribution in [1.82, 2.24) is 15.4 Å². The van der Waals surface area contributed by atoms with Gasteiger partial charge in [0, 0.05) is 44.6 Å². The van der Waals surface area contributed by atoms with Crippen LogP contribution in [-0.2, 0) is 9.59 Å². The average Bonchev–Trinajstić information content (AvgIpc) is 3.32. The van der Waals surface area contributed by atoms with Crippen molar-refractivity contribution in [1.29, 1.82) is 0 Å². The zero-order chi connectivity index (χ0) is 26.1. The highest BCUT2D eigenvalue weighted by Gasteiger charge is 2.34. The van der Waals surface area contributed by atoms with Gasteiger partial charge in [0.25, 0.3) is 0 Å². The van der Waals surface area contributed by atoms with Gasteiger partial charge in [0.15, 0.2) is 0 Å². The number of amides is 1. The second-order valence-electron chi connectivity index (χ2n) is 8.77. The number of aliphatic carboxylic acids is 1. The van der Waals surface area contributed by atoms with Crippen LogP contribution in [0.2, 0.25) is 0 Å². The van der Waals surface area contributed by atoms with Gasteiger partial charge in [-0.1, -0.05) is 64.5 Å². The molecule has 0 fully saturated rings. The lowest BCUT2D eigenvalue weighted by Crippen LogP contribution is -2.40.